The highest BCUT2D eigenvalue weighted by atomic mass is 16.5. The van der Waals surface area contributed by atoms with E-state index in [1.807, 2.05) is 18.2 Å². The van der Waals surface area contributed by atoms with Crippen LogP contribution in [0.5, 0.6) is 5.75 Å². The van der Waals surface area contributed by atoms with E-state index in [9.17, 15) is 5.11 Å². The molecule has 3 nitrogen and oxygen atoms in total. The maximum absolute atomic E-state index is 12.7. The minimum absolute atomic E-state index is 0.0488. The molecule has 0 unspecified atom stereocenters. The largest absolute Gasteiger partial charge is 0.496 e. The van der Waals surface area contributed by atoms with E-state index >= 15 is 0 Å². The molecule has 3 aromatic carbocycles. The van der Waals surface area contributed by atoms with Crippen LogP contribution >= 0.6 is 0 Å². The maximum atomic E-state index is 12.7. The molecular formula is C30H37NO2. The SMILES string of the molecule is CCCCC[C@@H]1[C@H](c2ccccc2)N(C)[C@@H](c2ccccc2)C[C@]1(O)c1ccccc1OC. The van der Waals surface area contributed by atoms with Crippen molar-refractivity contribution in [2.75, 3.05) is 14.2 Å². The topological polar surface area (TPSA) is 32.7 Å². The van der Waals surface area contributed by atoms with Crippen LogP contribution in [0.15, 0.2) is 84.9 Å². The number of aliphatic hydroxyl groups is 1. The van der Waals surface area contributed by atoms with Gasteiger partial charge in [-0.05, 0) is 30.7 Å². The van der Waals surface area contributed by atoms with Crippen LogP contribution < -0.4 is 4.74 Å². The van der Waals surface area contributed by atoms with Crippen molar-refractivity contribution >= 4 is 0 Å². The van der Waals surface area contributed by atoms with Gasteiger partial charge in [-0.25, -0.2) is 0 Å². The normalized spacial score (nSPS) is 25.6. The summed E-state index contributed by atoms with van der Waals surface area (Å²) >= 11 is 0. The van der Waals surface area contributed by atoms with E-state index in [1.165, 1.54) is 17.5 Å². The summed E-state index contributed by atoms with van der Waals surface area (Å²) in [5.41, 5.74) is 2.40. The molecule has 174 valence electrons. The molecule has 0 amide bonds. The van der Waals surface area contributed by atoms with Gasteiger partial charge in [0, 0.05) is 30.0 Å². The van der Waals surface area contributed by atoms with Crippen LogP contribution in [0.3, 0.4) is 0 Å². The Morgan fingerprint density at radius 2 is 1.48 bits per heavy atom. The number of piperidine rings is 1. The van der Waals surface area contributed by atoms with Crippen molar-refractivity contribution < 1.29 is 9.84 Å². The van der Waals surface area contributed by atoms with E-state index in [0.29, 0.717) is 6.42 Å². The number of hydrogen-bond acceptors (Lipinski definition) is 3. The second kappa shape index (κ2) is 10.5. The van der Waals surface area contributed by atoms with Crippen molar-refractivity contribution in [2.45, 2.75) is 56.7 Å². The van der Waals surface area contributed by atoms with Gasteiger partial charge in [0.25, 0.3) is 0 Å². The van der Waals surface area contributed by atoms with Crippen LogP contribution in [0.1, 0.15) is 67.8 Å². The first-order valence-electron chi connectivity index (χ1n) is 12.3. The Labute approximate surface area is 199 Å². The van der Waals surface area contributed by atoms with Gasteiger partial charge in [0.1, 0.15) is 5.75 Å². The molecule has 3 aromatic rings. The molecule has 4 rings (SSSR count). The lowest BCUT2D eigenvalue weighted by atomic mass is 9.65. The Morgan fingerprint density at radius 3 is 2.12 bits per heavy atom. The zero-order chi connectivity index (χ0) is 23.3. The Bertz CT molecular complexity index is 1010. The number of likely N-dealkylation sites (tertiary alicyclic amines) is 1. The van der Waals surface area contributed by atoms with Gasteiger partial charge in [0.15, 0.2) is 0 Å². The molecule has 4 atom stereocenters. The number of hydrogen-bond donors (Lipinski definition) is 1. The Hall–Kier alpha value is -2.62. The molecule has 1 heterocycles. The second-order valence-electron chi connectivity index (χ2n) is 9.38. The van der Waals surface area contributed by atoms with Gasteiger partial charge in [-0.2, -0.15) is 0 Å². The van der Waals surface area contributed by atoms with Gasteiger partial charge in [-0.15, -0.1) is 0 Å². The first-order chi connectivity index (χ1) is 16.1. The average Bonchev–Trinajstić information content (AvgIpc) is 2.87. The molecule has 1 aliphatic rings. The maximum Gasteiger partial charge on any atom is 0.124 e. The van der Waals surface area contributed by atoms with E-state index in [4.69, 9.17) is 4.74 Å². The van der Waals surface area contributed by atoms with Crippen molar-refractivity contribution in [3.8, 4) is 5.75 Å². The van der Waals surface area contributed by atoms with Gasteiger partial charge in [0.2, 0.25) is 0 Å². The highest BCUT2D eigenvalue weighted by Gasteiger charge is 2.52. The first-order valence-corrected chi connectivity index (χ1v) is 12.3. The lowest BCUT2D eigenvalue weighted by Crippen LogP contribution is -2.52. The Morgan fingerprint density at radius 1 is 0.879 bits per heavy atom. The summed E-state index contributed by atoms with van der Waals surface area (Å²) in [4.78, 5) is 2.49. The molecule has 0 saturated carbocycles. The number of para-hydroxylation sites is 1. The molecule has 1 N–H and O–H groups in total. The van der Waals surface area contributed by atoms with Gasteiger partial charge in [-0.3, -0.25) is 4.90 Å². The van der Waals surface area contributed by atoms with Crippen LogP contribution in [-0.4, -0.2) is 24.2 Å². The third-order valence-electron chi connectivity index (χ3n) is 7.45. The smallest absolute Gasteiger partial charge is 0.124 e. The summed E-state index contributed by atoms with van der Waals surface area (Å²) in [7, 11) is 3.93. The number of ether oxygens (including phenoxy) is 1. The van der Waals surface area contributed by atoms with Crippen LogP contribution in [0.4, 0.5) is 0 Å². The van der Waals surface area contributed by atoms with Crippen LogP contribution in [0.25, 0.3) is 0 Å². The minimum atomic E-state index is -1.01. The standard InChI is InChI=1S/C30H37NO2/c1-4-5-8-20-26-29(24-17-11-7-12-18-24)31(2)27(23-15-9-6-10-16-23)22-30(26,32)25-19-13-14-21-28(25)33-3/h6-7,9-19,21,26-27,29,32H,4-5,8,20,22H2,1-3H3/t26-,27-,29+,30+/m1/s1. The Balaban J connectivity index is 1.88. The van der Waals surface area contributed by atoms with E-state index in [-0.39, 0.29) is 18.0 Å². The molecule has 1 saturated heterocycles. The molecule has 0 bridgehead atoms. The summed E-state index contributed by atoms with van der Waals surface area (Å²) in [5, 5.41) is 12.7. The summed E-state index contributed by atoms with van der Waals surface area (Å²) in [6.07, 6.45) is 5.04. The van der Waals surface area contributed by atoms with E-state index < -0.39 is 5.60 Å². The van der Waals surface area contributed by atoms with Gasteiger partial charge >= 0.3 is 0 Å². The Kier molecular flexibility index (Phi) is 7.52. The van der Waals surface area contributed by atoms with Crippen molar-refractivity contribution in [3.63, 3.8) is 0 Å². The van der Waals surface area contributed by atoms with Crippen molar-refractivity contribution in [1.29, 1.82) is 0 Å². The van der Waals surface area contributed by atoms with Gasteiger partial charge < -0.3 is 9.84 Å². The molecule has 0 aromatic heterocycles. The lowest BCUT2D eigenvalue weighted by molar-refractivity contribution is -0.131. The quantitative estimate of drug-likeness (QED) is 0.385. The van der Waals surface area contributed by atoms with Gasteiger partial charge in [0.05, 0.1) is 12.7 Å². The number of unbranched alkanes of at least 4 members (excludes halogenated alkanes) is 2. The molecule has 33 heavy (non-hydrogen) atoms. The van der Waals surface area contributed by atoms with Crippen molar-refractivity contribution in [2.24, 2.45) is 5.92 Å². The molecule has 1 fully saturated rings. The molecule has 3 heteroatoms. The van der Waals surface area contributed by atoms with Crippen molar-refractivity contribution in [1.82, 2.24) is 4.90 Å². The van der Waals surface area contributed by atoms with E-state index in [1.54, 1.807) is 7.11 Å². The fourth-order valence-corrected chi connectivity index (χ4v) is 5.80. The van der Waals surface area contributed by atoms with Crippen LogP contribution in [-0.2, 0) is 5.60 Å². The number of nitrogens with zero attached hydrogens (tertiary/aromatic N) is 1. The summed E-state index contributed by atoms with van der Waals surface area (Å²) in [6.45, 7) is 2.24. The zero-order valence-electron chi connectivity index (χ0n) is 20.2. The predicted octanol–water partition coefficient (Wildman–Crippen LogP) is 6.90. The molecule has 1 aliphatic heterocycles. The molecular weight excluding hydrogens is 406 g/mol. The van der Waals surface area contributed by atoms with Crippen molar-refractivity contribution in [3.05, 3.63) is 102 Å². The fraction of sp³-hybridized carbons (Fsp3) is 0.400. The fourth-order valence-electron chi connectivity index (χ4n) is 5.80. The number of benzene rings is 3. The predicted molar refractivity (Wildman–Crippen MR) is 135 cm³/mol. The molecule has 0 aliphatic carbocycles. The highest BCUT2D eigenvalue weighted by Crippen LogP contribution is 2.56. The minimum Gasteiger partial charge on any atom is -0.496 e. The highest BCUT2D eigenvalue weighted by molar-refractivity contribution is 5.41. The summed E-state index contributed by atoms with van der Waals surface area (Å²) in [6, 6.07) is 29.5. The number of rotatable bonds is 8. The number of methoxy groups -OCH3 is 1. The third-order valence-corrected chi connectivity index (χ3v) is 7.45. The van der Waals surface area contributed by atoms with Crippen LogP contribution in [0, 0.1) is 5.92 Å². The second-order valence-corrected chi connectivity index (χ2v) is 9.38. The lowest BCUT2D eigenvalue weighted by Gasteiger charge is -2.54. The van der Waals surface area contributed by atoms with Gasteiger partial charge in [-0.1, -0.05) is 105 Å². The monoisotopic (exact) mass is 443 g/mol. The van der Waals surface area contributed by atoms with Crippen LogP contribution in [0.2, 0.25) is 0 Å². The summed E-state index contributed by atoms with van der Waals surface area (Å²) in [5.74, 6) is 0.816. The zero-order valence-corrected chi connectivity index (χ0v) is 20.2. The molecule has 0 spiro atoms. The third kappa shape index (κ3) is 4.71. The first kappa shape index (κ1) is 23.5. The average molecular weight is 444 g/mol. The molecule has 0 radical (unpaired) electrons. The van der Waals surface area contributed by atoms with E-state index in [2.05, 4.69) is 85.6 Å². The summed E-state index contributed by atoms with van der Waals surface area (Å²) < 4.78 is 5.77. The van der Waals surface area contributed by atoms with E-state index in [0.717, 1.165) is 30.6 Å².